The van der Waals surface area contributed by atoms with Gasteiger partial charge in [0, 0.05) is 0 Å². The summed E-state index contributed by atoms with van der Waals surface area (Å²) in [5.74, 6) is 0. The maximum atomic E-state index is 6.03. The Morgan fingerprint density at radius 1 is 1.40 bits per heavy atom. The molecule has 0 N–H and O–H groups in total. The van der Waals surface area contributed by atoms with Gasteiger partial charge in [-0.1, -0.05) is 36.0 Å². The molecule has 10 heavy (non-hydrogen) atoms. The standard InChI is InChI=1S/C9H11Cl/c1-8-4-3-6-9(2,10)7-5-8/h3-7H,1-2H3. The van der Waals surface area contributed by atoms with Crippen molar-refractivity contribution >= 4 is 11.6 Å². The molecule has 0 radical (unpaired) electrons. The molecule has 1 atom stereocenters. The van der Waals surface area contributed by atoms with Gasteiger partial charge in [-0.3, -0.25) is 0 Å². The molecule has 0 spiro atoms. The SMILES string of the molecule is CC1=CC=CC(C)(Cl)C=C1. The van der Waals surface area contributed by atoms with Crippen molar-refractivity contribution in [3.8, 4) is 0 Å². The van der Waals surface area contributed by atoms with Crippen LogP contribution in [-0.2, 0) is 0 Å². The molecule has 0 bridgehead atoms. The zero-order valence-electron chi connectivity index (χ0n) is 6.26. The maximum absolute atomic E-state index is 6.03. The second kappa shape index (κ2) is 2.63. The van der Waals surface area contributed by atoms with Gasteiger partial charge in [-0.25, -0.2) is 0 Å². The van der Waals surface area contributed by atoms with E-state index in [1.165, 1.54) is 5.57 Å². The van der Waals surface area contributed by atoms with E-state index in [2.05, 4.69) is 6.92 Å². The van der Waals surface area contributed by atoms with Crippen LogP contribution in [0, 0.1) is 0 Å². The largest absolute Gasteiger partial charge is 0.110 e. The molecule has 0 fully saturated rings. The van der Waals surface area contributed by atoms with Crippen LogP contribution in [0.1, 0.15) is 13.8 Å². The van der Waals surface area contributed by atoms with E-state index in [-0.39, 0.29) is 4.87 Å². The van der Waals surface area contributed by atoms with Crippen LogP contribution in [-0.4, -0.2) is 4.87 Å². The lowest BCUT2D eigenvalue weighted by atomic mass is 10.1. The van der Waals surface area contributed by atoms with E-state index in [1.54, 1.807) is 0 Å². The minimum Gasteiger partial charge on any atom is -0.110 e. The first kappa shape index (κ1) is 7.62. The summed E-state index contributed by atoms with van der Waals surface area (Å²) in [5.41, 5.74) is 1.24. The van der Waals surface area contributed by atoms with E-state index in [4.69, 9.17) is 11.6 Å². The van der Waals surface area contributed by atoms with Gasteiger partial charge < -0.3 is 0 Å². The predicted octanol–water partition coefficient (Wildman–Crippen LogP) is 3.06. The number of hydrogen-bond acceptors (Lipinski definition) is 0. The monoisotopic (exact) mass is 154 g/mol. The molecular weight excluding hydrogens is 144 g/mol. The summed E-state index contributed by atoms with van der Waals surface area (Å²) in [6, 6.07) is 0. The Balaban J connectivity index is 2.88. The molecule has 0 aliphatic heterocycles. The van der Waals surface area contributed by atoms with Crippen molar-refractivity contribution in [1.82, 2.24) is 0 Å². The summed E-state index contributed by atoms with van der Waals surface area (Å²) in [4.78, 5) is -0.297. The molecule has 1 heteroatoms. The van der Waals surface area contributed by atoms with Crippen LogP contribution in [0.4, 0.5) is 0 Å². The van der Waals surface area contributed by atoms with Crippen molar-refractivity contribution in [1.29, 1.82) is 0 Å². The zero-order chi connectivity index (χ0) is 7.61. The van der Waals surface area contributed by atoms with E-state index >= 15 is 0 Å². The van der Waals surface area contributed by atoms with Crippen LogP contribution in [0.15, 0.2) is 36.0 Å². The quantitative estimate of drug-likeness (QED) is 0.471. The normalized spacial score (nSPS) is 31.7. The van der Waals surface area contributed by atoms with Crippen molar-refractivity contribution in [2.24, 2.45) is 0 Å². The van der Waals surface area contributed by atoms with Gasteiger partial charge in [0.05, 0.1) is 4.87 Å². The van der Waals surface area contributed by atoms with Crippen LogP contribution in [0.2, 0.25) is 0 Å². The highest BCUT2D eigenvalue weighted by Gasteiger charge is 2.11. The van der Waals surface area contributed by atoms with E-state index in [9.17, 15) is 0 Å². The lowest BCUT2D eigenvalue weighted by Gasteiger charge is -2.08. The summed E-state index contributed by atoms with van der Waals surface area (Å²) in [5, 5.41) is 0. The second-order valence-corrected chi connectivity index (χ2v) is 3.57. The number of halogens is 1. The Morgan fingerprint density at radius 2 is 2.10 bits per heavy atom. The van der Waals surface area contributed by atoms with Crippen LogP contribution < -0.4 is 0 Å². The minimum absolute atomic E-state index is 0.297. The molecule has 0 amide bonds. The smallest absolute Gasteiger partial charge is 0.0784 e. The Bertz CT molecular complexity index is 207. The Hall–Kier alpha value is -0.490. The molecule has 1 unspecified atom stereocenters. The third kappa shape index (κ3) is 2.03. The van der Waals surface area contributed by atoms with E-state index in [1.807, 2.05) is 37.3 Å². The lowest BCUT2D eigenvalue weighted by molar-refractivity contribution is 0.992. The molecule has 0 aromatic carbocycles. The van der Waals surface area contributed by atoms with Crippen LogP contribution >= 0.6 is 11.6 Å². The van der Waals surface area contributed by atoms with Crippen LogP contribution in [0.3, 0.4) is 0 Å². The Morgan fingerprint density at radius 3 is 2.80 bits per heavy atom. The topological polar surface area (TPSA) is 0 Å². The van der Waals surface area contributed by atoms with Gasteiger partial charge in [0.25, 0.3) is 0 Å². The third-order valence-electron chi connectivity index (χ3n) is 1.45. The second-order valence-electron chi connectivity index (χ2n) is 2.75. The molecule has 1 aliphatic rings. The van der Waals surface area contributed by atoms with Crippen molar-refractivity contribution in [3.63, 3.8) is 0 Å². The summed E-state index contributed by atoms with van der Waals surface area (Å²) in [6.45, 7) is 4.02. The summed E-state index contributed by atoms with van der Waals surface area (Å²) in [7, 11) is 0. The highest BCUT2D eigenvalue weighted by atomic mass is 35.5. The molecule has 0 saturated carbocycles. The molecule has 0 aromatic heterocycles. The summed E-state index contributed by atoms with van der Waals surface area (Å²) >= 11 is 6.03. The average molecular weight is 155 g/mol. The van der Waals surface area contributed by atoms with Gasteiger partial charge in [0.2, 0.25) is 0 Å². The lowest BCUT2D eigenvalue weighted by Crippen LogP contribution is -2.05. The van der Waals surface area contributed by atoms with Gasteiger partial charge in [0.15, 0.2) is 0 Å². The highest BCUT2D eigenvalue weighted by molar-refractivity contribution is 6.26. The van der Waals surface area contributed by atoms with Crippen molar-refractivity contribution < 1.29 is 0 Å². The van der Waals surface area contributed by atoms with Crippen molar-refractivity contribution in [3.05, 3.63) is 36.0 Å². The molecule has 0 saturated heterocycles. The molecular formula is C9H11Cl. The fraction of sp³-hybridized carbons (Fsp3) is 0.333. The van der Waals surface area contributed by atoms with Crippen molar-refractivity contribution in [2.45, 2.75) is 18.7 Å². The molecule has 0 nitrogen and oxygen atoms in total. The van der Waals surface area contributed by atoms with Gasteiger partial charge in [-0.2, -0.15) is 0 Å². The average Bonchev–Trinajstić information content (AvgIpc) is 1.94. The van der Waals surface area contributed by atoms with Crippen LogP contribution in [0.5, 0.6) is 0 Å². The van der Waals surface area contributed by atoms with E-state index < -0.39 is 0 Å². The summed E-state index contributed by atoms with van der Waals surface area (Å²) < 4.78 is 0. The highest BCUT2D eigenvalue weighted by Crippen LogP contribution is 2.21. The Kier molecular flexibility index (Phi) is 2.00. The predicted molar refractivity (Wildman–Crippen MR) is 46.3 cm³/mol. The molecule has 54 valence electrons. The first-order valence-corrected chi connectivity index (χ1v) is 3.72. The van der Waals surface area contributed by atoms with Gasteiger partial charge in [-0.15, -0.1) is 11.6 Å². The number of hydrogen-bond donors (Lipinski definition) is 0. The van der Waals surface area contributed by atoms with Gasteiger partial charge >= 0.3 is 0 Å². The molecule has 0 aromatic rings. The molecule has 1 rings (SSSR count). The number of alkyl halides is 1. The summed E-state index contributed by atoms with van der Waals surface area (Å²) in [6.07, 6.45) is 10.0. The fourth-order valence-electron chi connectivity index (χ4n) is 0.794. The van der Waals surface area contributed by atoms with E-state index in [0.717, 1.165) is 0 Å². The minimum atomic E-state index is -0.297. The maximum Gasteiger partial charge on any atom is 0.0784 e. The number of allylic oxidation sites excluding steroid dienone is 6. The first-order chi connectivity index (χ1) is 4.60. The van der Waals surface area contributed by atoms with Gasteiger partial charge in [0.1, 0.15) is 0 Å². The zero-order valence-corrected chi connectivity index (χ0v) is 7.02. The van der Waals surface area contributed by atoms with Crippen LogP contribution in [0.25, 0.3) is 0 Å². The Labute approximate surface area is 66.9 Å². The molecule has 0 heterocycles. The van der Waals surface area contributed by atoms with Gasteiger partial charge in [-0.05, 0) is 13.8 Å². The fourth-order valence-corrected chi connectivity index (χ4v) is 0.929. The first-order valence-electron chi connectivity index (χ1n) is 3.34. The third-order valence-corrected chi connectivity index (χ3v) is 1.71. The van der Waals surface area contributed by atoms with E-state index in [0.29, 0.717) is 0 Å². The van der Waals surface area contributed by atoms with Crippen molar-refractivity contribution in [2.75, 3.05) is 0 Å². The number of rotatable bonds is 0. The molecule has 1 aliphatic carbocycles.